The van der Waals surface area contributed by atoms with E-state index in [1.807, 2.05) is 0 Å². The lowest BCUT2D eigenvalue weighted by molar-refractivity contribution is -0.142. The van der Waals surface area contributed by atoms with Gasteiger partial charge in [0, 0.05) is 26.8 Å². The Bertz CT molecular complexity index is 1130. The highest BCUT2D eigenvalue weighted by atomic mass is 35.5. The molecule has 8 heteroatoms. The van der Waals surface area contributed by atoms with E-state index in [0.29, 0.717) is 33.2 Å². The topological polar surface area (TPSA) is 81.5 Å². The molecule has 0 saturated carbocycles. The fourth-order valence-electron chi connectivity index (χ4n) is 3.13. The van der Waals surface area contributed by atoms with Crippen LogP contribution in [0.5, 0.6) is 5.75 Å². The molecule has 0 aliphatic carbocycles. The van der Waals surface area contributed by atoms with Gasteiger partial charge in [-0.15, -0.1) is 0 Å². The van der Waals surface area contributed by atoms with E-state index < -0.39 is 0 Å². The van der Waals surface area contributed by atoms with Crippen LogP contribution in [-0.2, 0) is 16.0 Å². The maximum Gasteiger partial charge on any atom is 0.266 e. The molecule has 0 aliphatic rings. The lowest BCUT2D eigenvalue weighted by atomic mass is 10.2. The Balaban J connectivity index is 2.17. The summed E-state index contributed by atoms with van der Waals surface area (Å²) in [5, 5.41) is 0.741. The van der Waals surface area contributed by atoms with Gasteiger partial charge in [-0.2, -0.15) is 0 Å². The Morgan fingerprint density at radius 1 is 1.10 bits per heavy atom. The Labute approximate surface area is 172 Å². The first-order valence-corrected chi connectivity index (χ1v) is 9.34. The molecular formula is C21H20ClN3O4. The average Bonchev–Trinajstić information content (AvgIpc) is 2.69. The minimum atomic E-state index is -0.366. The van der Waals surface area contributed by atoms with E-state index in [0.717, 1.165) is 4.90 Å². The van der Waals surface area contributed by atoms with Gasteiger partial charge in [0.15, 0.2) is 0 Å². The SMILES string of the molecule is COc1ccc(-n2c(CCN(C(C)=O)C(C)=O)nc3c(Cl)cccc3c2=O)cc1. The van der Waals surface area contributed by atoms with Gasteiger partial charge in [0.05, 0.1) is 28.7 Å². The molecule has 0 saturated heterocycles. The van der Waals surface area contributed by atoms with Crippen molar-refractivity contribution in [2.75, 3.05) is 13.7 Å². The predicted octanol–water partition coefficient (Wildman–Crippen LogP) is 2.99. The van der Waals surface area contributed by atoms with E-state index >= 15 is 0 Å². The van der Waals surface area contributed by atoms with Crippen LogP contribution in [0.25, 0.3) is 16.6 Å². The van der Waals surface area contributed by atoms with Crippen molar-refractivity contribution >= 4 is 34.3 Å². The molecule has 0 radical (unpaired) electrons. The van der Waals surface area contributed by atoms with Gasteiger partial charge in [-0.3, -0.25) is 23.9 Å². The van der Waals surface area contributed by atoms with Crippen LogP contribution in [0.2, 0.25) is 5.02 Å². The van der Waals surface area contributed by atoms with Crippen LogP contribution in [0.4, 0.5) is 0 Å². The summed E-state index contributed by atoms with van der Waals surface area (Å²) in [4.78, 5) is 42.5. The average molecular weight is 414 g/mol. The minimum Gasteiger partial charge on any atom is -0.497 e. The van der Waals surface area contributed by atoms with Crippen LogP contribution in [0.15, 0.2) is 47.3 Å². The van der Waals surface area contributed by atoms with Gasteiger partial charge in [-0.1, -0.05) is 17.7 Å². The number of rotatable bonds is 5. The molecule has 0 bridgehead atoms. The summed E-state index contributed by atoms with van der Waals surface area (Å²) < 4.78 is 6.65. The van der Waals surface area contributed by atoms with Crippen LogP contribution in [-0.4, -0.2) is 39.9 Å². The molecule has 0 aliphatic heterocycles. The molecule has 1 heterocycles. The van der Waals surface area contributed by atoms with Crippen LogP contribution in [0.3, 0.4) is 0 Å². The van der Waals surface area contributed by atoms with Gasteiger partial charge >= 0.3 is 0 Å². The lowest BCUT2D eigenvalue weighted by Gasteiger charge is -2.19. The third-order valence-corrected chi connectivity index (χ3v) is 4.87. The summed E-state index contributed by atoms with van der Waals surface area (Å²) in [5.74, 6) is 0.317. The van der Waals surface area contributed by atoms with Crippen LogP contribution >= 0.6 is 11.6 Å². The summed E-state index contributed by atoms with van der Waals surface area (Å²) in [6.07, 6.45) is 0.196. The van der Waals surface area contributed by atoms with E-state index in [1.165, 1.54) is 18.4 Å². The number of fused-ring (bicyclic) bond motifs is 1. The second-order valence-electron chi connectivity index (χ2n) is 6.44. The zero-order chi connectivity index (χ0) is 21.1. The van der Waals surface area contributed by atoms with Gasteiger partial charge in [0.2, 0.25) is 11.8 Å². The summed E-state index contributed by atoms with van der Waals surface area (Å²) in [5.41, 5.74) is 0.698. The first-order valence-electron chi connectivity index (χ1n) is 8.96. The Morgan fingerprint density at radius 3 is 2.34 bits per heavy atom. The number of carbonyl (C=O) groups excluding carboxylic acids is 2. The fraction of sp³-hybridized carbons (Fsp3) is 0.238. The summed E-state index contributed by atoms with van der Waals surface area (Å²) in [6, 6.07) is 12.0. The van der Waals surface area contributed by atoms with Gasteiger partial charge < -0.3 is 4.74 Å². The number of nitrogens with zero attached hydrogens (tertiary/aromatic N) is 3. The van der Waals surface area contributed by atoms with Crippen LogP contribution in [0.1, 0.15) is 19.7 Å². The first-order chi connectivity index (χ1) is 13.8. The van der Waals surface area contributed by atoms with Crippen molar-refractivity contribution in [1.82, 2.24) is 14.5 Å². The number of aromatic nitrogens is 2. The summed E-state index contributed by atoms with van der Waals surface area (Å²) in [7, 11) is 1.56. The zero-order valence-electron chi connectivity index (χ0n) is 16.3. The molecule has 0 unspecified atom stereocenters. The first kappa shape index (κ1) is 20.5. The number of methoxy groups -OCH3 is 1. The maximum atomic E-state index is 13.3. The van der Waals surface area contributed by atoms with Crippen molar-refractivity contribution in [2.45, 2.75) is 20.3 Å². The standard InChI is InChI=1S/C21H20ClN3O4/c1-13(26)24(14(2)27)12-11-19-23-20-17(5-4-6-18(20)22)21(28)25(19)15-7-9-16(29-3)10-8-15/h4-10H,11-12H2,1-3H3. The number of benzene rings is 2. The van der Waals surface area contributed by atoms with E-state index in [4.69, 9.17) is 16.3 Å². The minimum absolute atomic E-state index is 0.100. The third kappa shape index (κ3) is 4.14. The number of ether oxygens (including phenoxy) is 1. The molecule has 29 heavy (non-hydrogen) atoms. The molecule has 2 amide bonds. The van der Waals surface area contributed by atoms with Gasteiger partial charge in [-0.05, 0) is 36.4 Å². The van der Waals surface area contributed by atoms with E-state index in [-0.39, 0.29) is 30.3 Å². The van der Waals surface area contributed by atoms with E-state index in [2.05, 4.69) is 4.98 Å². The second-order valence-corrected chi connectivity index (χ2v) is 6.85. The molecular weight excluding hydrogens is 394 g/mol. The van der Waals surface area contributed by atoms with Crippen LogP contribution < -0.4 is 10.3 Å². The molecule has 1 aromatic heterocycles. The molecule has 150 valence electrons. The number of para-hydroxylation sites is 1. The fourth-order valence-corrected chi connectivity index (χ4v) is 3.35. The number of hydrogen-bond donors (Lipinski definition) is 0. The smallest absolute Gasteiger partial charge is 0.266 e. The van der Waals surface area contributed by atoms with Crippen molar-refractivity contribution in [1.29, 1.82) is 0 Å². The highest BCUT2D eigenvalue weighted by molar-refractivity contribution is 6.34. The Kier molecular flexibility index (Phi) is 5.98. The van der Waals surface area contributed by atoms with Crippen molar-refractivity contribution in [3.05, 3.63) is 63.7 Å². The normalized spacial score (nSPS) is 10.8. The molecule has 7 nitrogen and oxygen atoms in total. The van der Waals surface area contributed by atoms with Crippen LogP contribution in [0, 0.1) is 0 Å². The molecule has 0 atom stereocenters. The van der Waals surface area contributed by atoms with Gasteiger partial charge in [-0.25, -0.2) is 4.98 Å². The van der Waals surface area contributed by atoms with Gasteiger partial charge in [0.25, 0.3) is 5.56 Å². The maximum absolute atomic E-state index is 13.3. The highest BCUT2D eigenvalue weighted by Crippen LogP contribution is 2.22. The van der Waals surface area contributed by atoms with Crippen molar-refractivity contribution < 1.29 is 14.3 Å². The number of amides is 2. The number of halogens is 1. The predicted molar refractivity (Wildman–Crippen MR) is 111 cm³/mol. The highest BCUT2D eigenvalue weighted by Gasteiger charge is 2.18. The third-order valence-electron chi connectivity index (χ3n) is 4.57. The largest absolute Gasteiger partial charge is 0.497 e. The van der Waals surface area contributed by atoms with Crippen molar-refractivity contribution in [3.8, 4) is 11.4 Å². The van der Waals surface area contributed by atoms with E-state index in [1.54, 1.807) is 49.6 Å². The number of hydrogen-bond acceptors (Lipinski definition) is 5. The Hall–Kier alpha value is -3.19. The monoisotopic (exact) mass is 413 g/mol. The molecule has 0 N–H and O–H groups in total. The second kappa shape index (κ2) is 8.45. The van der Waals surface area contributed by atoms with Gasteiger partial charge in [0.1, 0.15) is 11.6 Å². The van der Waals surface area contributed by atoms with E-state index in [9.17, 15) is 14.4 Å². The zero-order valence-corrected chi connectivity index (χ0v) is 17.1. The number of carbonyl (C=O) groups is 2. The lowest BCUT2D eigenvalue weighted by Crippen LogP contribution is -2.36. The molecule has 0 fully saturated rings. The molecule has 3 rings (SSSR count). The quantitative estimate of drug-likeness (QED) is 0.642. The molecule has 0 spiro atoms. The molecule has 3 aromatic rings. The summed E-state index contributed by atoms with van der Waals surface area (Å²) in [6.45, 7) is 2.74. The number of imide groups is 1. The summed E-state index contributed by atoms with van der Waals surface area (Å²) >= 11 is 6.26. The van der Waals surface area contributed by atoms with Crippen molar-refractivity contribution in [2.24, 2.45) is 0 Å². The Morgan fingerprint density at radius 2 is 1.76 bits per heavy atom. The molecule has 2 aromatic carbocycles. The van der Waals surface area contributed by atoms with Crippen molar-refractivity contribution in [3.63, 3.8) is 0 Å².